The van der Waals surface area contributed by atoms with E-state index in [0.717, 1.165) is 6.42 Å². The normalized spacial score (nSPS) is 42.0. The molecule has 0 aromatic carbocycles. The minimum absolute atomic E-state index is 0.0827. The Labute approximate surface area is 119 Å². The van der Waals surface area contributed by atoms with Crippen LogP contribution in [0.5, 0.6) is 0 Å². The first-order valence-corrected chi connectivity index (χ1v) is 7.66. The summed E-state index contributed by atoms with van der Waals surface area (Å²) in [6.07, 6.45) is 3.67. The van der Waals surface area contributed by atoms with Crippen LogP contribution in [0.15, 0.2) is 0 Å². The summed E-state index contributed by atoms with van der Waals surface area (Å²) in [7, 11) is 0. The van der Waals surface area contributed by atoms with Crippen molar-refractivity contribution in [2.45, 2.75) is 57.7 Å². The van der Waals surface area contributed by atoms with Gasteiger partial charge in [0.05, 0.1) is 18.1 Å². The van der Waals surface area contributed by atoms with Gasteiger partial charge in [-0.3, -0.25) is 9.59 Å². The Morgan fingerprint density at radius 2 is 2.00 bits per heavy atom. The second kappa shape index (κ2) is 5.02. The van der Waals surface area contributed by atoms with E-state index >= 15 is 0 Å². The molecule has 112 valence electrons. The van der Waals surface area contributed by atoms with Gasteiger partial charge in [-0.05, 0) is 38.0 Å². The third kappa shape index (κ3) is 2.22. The molecule has 1 N–H and O–H groups in total. The first-order chi connectivity index (χ1) is 9.50. The van der Waals surface area contributed by atoms with Crippen LogP contribution in [0, 0.1) is 17.8 Å². The number of piperidine rings is 1. The van der Waals surface area contributed by atoms with Gasteiger partial charge in [0.2, 0.25) is 5.91 Å². The number of likely N-dealkylation sites (tertiary alicyclic amines) is 1. The fourth-order valence-electron chi connectivity index (χ4n) is 4.09. The quantitative estimate of drug-likeness (QED) is 0.851. The molecule has 3 aliphatic rings. The number of carboxylic acid groups (broad SMARTS) is 1. The number of carboxylic acids is 1. The van der Waals surface area contributed by atoms with Gasteiger partial charge in [-0.15, -0.1) is 0 Å². The molecule has 5 unspecified atom stereocenters. The predicted octanol–water partition coefficient (Wildman–Crippen LogP) is 1.51. The average molecular weight is 281 g/mol. The first-order valence-electron chi connectivity index (χ1n) is 7.66. The third-order valence-electron chi connectivity index (χ3n) is 5.19. The lowest BCUT2D eigenvalue weighted by molar-refractivity contribution is -0.158. The number of aliphatic carboxylic acids is 1. The van der Waals surface area contributed by atoms with E-state index in [1.165, 1.54) is 12.8 Å². The van der Waals surface area contributed by atoms with Crippen molar-refractivity contribution in [1.29, 1.82) is 0 Å². The fraction of sp³-hybridized carbons (Fsp3) is 0.867. The minimum atomic E-state index is -0.788. The SMILES string of the molecule is CC1CC(=O)N(C2CCOC2C2CC2)C(C)C1C(=O)O. The number of ether oxygens (including phenoxy) is 1. The lowest BCUT2D eigenvalue weighted by Crippen LogP contribution is -2.58. The van der Waals surface area contributed by atoms with Crippen molar-refractivity contribution in [3.8, 4) is 0 Å². The molecule has 3 rings (SSSR count). The molecule has 0 aromatic rings. The lowest BCUT2D eigenvalue weighted by Gasteiger charge is -2.45. The standard InChI is InChI=1S/C15H23NO4/c1-8-7-12(17)16(9(2)13(8)15(18)19)11-5-6-20-14(11)10-3-4-10/h8-11,13-14H,3-7H2,1-2H3,(H,18,19). The molecule has 5 atom stereocenters. The lowest BCUT2D eigenvalue weighted by atomic mass is 9.79. The summed E-state index contributed by atoms with van der Waals surface area (Å²) >= 11 is 0. The predicted molar refractivity (Wildman–Crippen MR) is 72.1 cm³/mol. The van der Waals surface area contributed by atoms with Crippen molar-refractivity contribution in [2.24, 2.45) is 17.8 Å². The number of carbonyl (C=O) groups excluding carboxylic acids is 1. The van der Waals surface area contributed by atoms with Crippen LogP contribution in [0.25, 0.3) is 0 Å². The van der Waals surface area contributed by atoms with E-state index in [0.29, 0.717) is 18.9 Å². The van der Waals surface area contributed by atoms with Crippen molar-refractivity contribution >= 4 is 11.9 Å². The van der Waals surface area contributed by atoms with E-state index in [1.807, 2.05) is 18.7 Å². The molecule has 0 radical (unpaired) electrons. The van der Waals surface area contributed by atoms with Crippen LogP contribution in [0.3, 0.4) is 0 Å². The van der Waals surface area contributed by atoms with Crippen LogP contribution >= 0.6 is 0 Å². The maximum absolute atomic E-state index is 12.4. The molecule has 2 saturated heterocycles. The molecule has 3 fully saturated rings. The fourth-order valence-corrected chi connectivity index (χ4v) is 4.09. The van der Waals surface area contributed by atoms with Gasteiger partial charge in [0.15, 0.2) is 0 Å². The molecule has 2 aliphatic heterocycles. The van der Waals surface area contributed by atoms with Crippen molar-refractivity contribution in [1.82, 2.24) is 4.90 Å². The Morgan fingerprint density at radius 3 is 2.60 bits per heavy atom. The summed E-state index contributed by atoms with van der Waals surface area (Å²) in [5.41, 5.74) is 0. The molecule has 5 heteroatoms. The summed E-state index contributed by atoms with van der Waals surface area (Å²) < 4.78 is 5.82. The molecule has 0 bridgehead atoms. The summed E-state index contributed by atoms with van der Waals surface area (Å²) in [6.45, 7) is 4.44. The van der Waals surface area contributed by atoms with Crippen molar-refractivity contribution in [3.05, 3.63) is 0 Å². The van der Waals surface area contributed by atoms with Gasteiger partial charge < -0.3 is 14.7 Å². The van der Waals surface area contributed by atoms with Crippen LogP contribution in [-0.2, 0) is 14.3 Å². The van der Waals surface area contributed by atoms with Gasteiger partial charge in [0.1, 0.15) is 0 Å². The number of rotatable bonds is 3. The maximum atomic E-state index is 12.4. The zero-order valence-corrected chi connectivity index (χ0v) is 12.1. The largest absolute Gasteiger partial charge is 0.481 e. The van der Waals surface area contributed by atoms with Crippen LogP contribution in [0.2, 0.25) is 0 Å². The van der Waals surface area contributed by atoms with Crippen LogP contribution < -0.4 is 0 Å². The maximum Gasteiger partial charge on any atom is 0.308 e. The Hall–Kier alpha value is -1.10. The topological polar surface area (TPSA) is 66.8 Å². The highest BCUT2D eigenvalue weighted by Gasteiger charge is 2.50. The molecule has 1 aliphatic carbocycles. The molecule has 0 spiro atoms. The number of amides is 1. The van der Waals surface area contributed by atoms with Gasteiger partial charge >= 0.3 is 5.97 Å². The Bertz CT molecular complexity index is 420. The summed E-state index contributed by atoms with van der Waals surface area (Å²) in [5.74, 6) is -0.667. The van der Waals surface area contributed by atoms with Crippen molar-refractivity contribution in [3.63, 3.8) is 0 Å². The van der Waals surface area contributed by atoms with Gasteiger partial charge in [-0.25, -0.2) is 0 Å². The Balaban J connectivity index is 1.83. The number of carbonyl (C=O) groups is 2. The molecule has 0 aromatic heterocycles. The van der Waals surface area contributed by atoms with Crippen molar-refractivity contribution in [2.75, 3.05) is 6.61 Å². The number of hydrogen-bond donors (Lipinski definition) is 1. The van der Waals surface area contributed by atoms with E-state index in [-0.39, 0.29) is 30.0 Å². The number of hydrogen-bond acceptors (Lipinski definition) is 3. The first kappa shape index (κ1) is 13.9. The molecular formula is C15H23NO4. The third-order valence-corrected chi connectivity index (χ3v) is 5.19. The molecule has 1 amide bonds. The molecule has 20 heavy (non-hydrogen) atoms. The summed E-state index contributed by atoms with van der Waals surface area (Å²) in [5, 5.41) is 9.44. The summed E-state index contributed by atoms with van der Waals surface area (Å²) in [4.78, 5) is 25.8. The van der Waals surface area contributed by atoms with Gasteiger partial charge in [-0.2, -0.15) is 0 Å². The zero-order chi connectivity index (χ0) is 14.4. The molecule has 2 heterocycles. The smallest absolute Gasteiger partial charge is 0.308 e. The molecule has 5 nitrogen and oxygen atoms in total. The highest BCUT2D eigenvalue weighted by Crippen LogP contribution is 2.43. The van der Waals surface area contributed by atoms with Gasteiger partial charge in [-0.1, -0.05) is 6.92 Å². The van der Waals surface area contributed by atoms with Crippen molar-refractivity contribution < 1.29 is 19.4 Å². The van der Waals surface area contributed by atoms with E-state index < -0.39 is 11.9 Å². The summed E-state index contributed by atoms with van der Waals surface area (Å²) in [6, 6.07) is -0.156. The Morgan fingerprint density at radius 1 is 1.30 bits per heavy atom. The molecule has 1 saturated carbocycles. The van der Waals surface area contributed by atoms with Crippen LogP contribution in [0.1, 0.15) is 39.5 Å². The zero-order valence-electron chi connectivity index (χ0n) is 12.1. The van der Waals surface area contributed by atoms with Crippen LogP contribution in [-0.4, -0.2) is 46.7 Å². The highest BCUT2D eigenvalue weighted by molar-refractivity contribution is 5.82. The number of nitrogens with zero attached hydrogens (tertiary/aromatic N) is 1. The van der Waals surface area contributed by atoms with Crippen LogP contribution in [0.4, 0.5) is 0 Å². The van der Waals surface area contributed by atoms with E-state index in [1.54, 1.807) is 0 Å². The van der Waals surface area contributed by atoms with E-state index in [4.69, 9.17) is 4.74 Å². The molecular weight excluding hydrogens is 258 g/mol. The Kier molecular flexibility index (Phi) is 3.48. The second-order valence-electron chi connectivity index (χ2n) is 6.62. The van der Waals surface area contributed by atoms with Gasteiger partial charge in [0.25, 0.3) is 0 Å². The second-order valence-corrected chi connectivity index (χ2v) is 6.62. The average Bonchev–Trinajstić information content (AvgIpc) is 3.08. The van der Waals surface area contributed by atoms with Gasteiger partial charge in [0, 0.05) is 19.1 Å². The minimum Gasteiger partial charge on any atom is -0.481 e. The van der Waals surface area contributed by atoms with E-state index in [9.17, 15) is 14.7 Å². The van der Waals surface area contributed by atoms with E-state index in [2.05, 4.69) is 0 Å². The highest BCUT2D eigenvalue weighted by atomic mass is 16.5. The monoisotopic (exact) mass is 281 g/mol.